The van der Waals surface area contributed by atoms with Crippen molar-refractivity contribution in [2.75, 3.05) is 11.9 Å². The predicted molar refractivity (Wildman–Crippen MR) is 72.8 cm³/mol. The van der Waals surface area contributed by atoms with Crippen LogP contribution in [0, 0.1) is 6.92 Å². The Morgan fingerprint density at radius 3 is 2.95 bits per heavy atom. The molecule has 19 heavy (non-hydrogen) atoms. The fourth-order valence-corrected chi connectivity index (χ4v) is 1.78. The van der Waals surface area contributed by atoms with Gasteiger partial charge in [-0.3, -0.25) is 5.10 Å². The molecule has 6 heteroatoms. The lowest BCUT2D eigenvalue weighted by Crippen LogP contribution is -2.01. The molecular formula is C13H17N5O. The van der Waals surface area contributed by atoms with Crippen molar-refractivity contribution in [2.45, 2.75) is 26.2 Å². The maximum Gasteiger partial charge on any atom is 0.148 e. The zero-order valence-corrected chi connectivity index (χ0v) is 10.9. The summed E-state index contributed by atoms with van der Waals surface area (Å²) in [7, 11) is 0. The van der Waals surface area contributed by atoms with Gasteiger partial charge in [-0.25, -0.2) is 0 Å². The van der Waals surface area contributed by atoms with E-state index in [1.165, 1.54) is 0 Å². The second-order valence-corrected chi connectivity index (χ2v) is 4.34. The number of nitrogens with one attached hydrogen (secondary N) is 2. The Balaban J connectivity index is 1.92. The molecule has 0 bridgehead atoms. The molecule has 0 spiro atoms. The number of aryl methyl sites for hydroxylation is 1. The first kappa shape index (κ1) is 13.2. The van der Waals surface area contributed by atoms with Crippen LogP contribution in [0.5, 0.6) is 0 Å². The predicted octanol–water partition coefficient (Wildman–Crippen LogP) is 1.96. The van der Waals surface area contributed by atoms with Crippen LogP contribution in [0.25, 0.3) is 11.3 Å². The highest BCUT2D eigenvalue weighted by atomic mass is 16.1. The van der Waals surface area contributed by atoms with Gasteiger partial charge in [-0.1, -0.05) is 0 Å². The van der Waals surface area contributed by atoms with Crippen molar-refractivity contribution in [1.82, 2.24) is 20.4 Å². The molecule has 0 aliphatic heterocycles. The lowest BCUT2D eigenvalue weighted by molar-refractivity contribution is -0.107. The molecule has 2 aromatic rings. The number of aromatic nitrogens is 4. The topological polar surface area (TPSA) is 83.6 Å². The third-order valence-electron chi connectivity index (χ3n) is 2.85. The number of aromatic amines is 1. The van der Waals surface area contributed by atoms with Gasteiger partial charge in [-0.05, 0) is 25.3 Å². The maximum atomic E-state index is 10.2. The van der Waals surface area contributed by atoms with Crippen molar-refractivity contribution in [2.24, 2.45) is 0 Å². The molecule has 0 aliphatic rings. The first-order chi connectivity index (χ1) is 9.31. The summed E-state index contributed by atoms with van der Waals surface area (Å²) in [5.41, 5.74) is 2.97. The smallest absolute Gasteiger partial charge is 0.148 e. The number of anilines is 1. The number of H-pyrrole nitrogens is 1. The summed E-state index contributed by atoms with van der Waals surface area (Å²) in [5.74, 6) is 0.803. The highest BCUT2D eigenvalue weighted by Gasteiger charge is 2.06. The van der Waals surface area contributed by atoms with Crippen LogP contribution in [0.4, 0.5) is 5.82 Å². The van der Waals surface area contributed by atoms with Gasteiger partial charge in [-0.15, -0.1) is 0 Å². The van der Waals surface area contributed by atoms with Gasteiger partial charge in [0.25, 0.3) is 0 Å². The van der Waals surface area contributed by atoms with E-state index in [1.807, 2.05) is 13.0 Å². The molecule has 0 atom stereocenters. The van der Waals surface area contributed by atoms with Gasteiger partial charge < -0.3 is 10.1 Å². The summed E-state index contributed by atoms with van der Waals surface area (Å²) in [5, 5.41) is 18.1. The standard InChI is InChI=1S/C13H17N5O/c1-10-8-15-16-9-11(10)12-7-13(18-17-12)14-5-3-2-4-6-19/h6-9H,2-5H2,1H3,(H2,14,17,18). The quantitative estimate of drug-likeness (QED) is 0.586. The van der Waals surface area contributed by atoms with Crippen molar-refractivity contribution >= 4 is 12.1 Å². The van der Waals surface area contributed by atoms with Gasteiger partial charge in [0.2, 0.25) is 0 Å². The van der Waals surface area contributed by atoms with Crippen LogP contribution in [-0.4, -0.2) is 33.2 Å². The van der Waals surface area contributed by atoms with Crippen molar-refractivity contribution in [1.29, 1.82) is 0 Å². The Morgan fingerprint density at radius 2 is 2.16 bits per heavy atom. The molecule has 2 aromatic heterocycles. The zero-order valence-electron chi connectivity index (χ0n) is 10.9. The first-order valence-corrected chi connectivity index (χ1v) is 6.32. The van der Waals surface area contributed by atoms with Gasteiger partial charge in [0.15, 0.2) is 0 Å². The number of carbonyl (C=O) groups is 1. The lowest BCUT2D eigenvalue weighted by Gasteiger charge is -2.00. The molecule has 100 valence electrons. The van der Waals surface area contributed by atoms with E-state index in [1.54, 1.807) is 12.4 Å². The average Bonchev–Trinajstić information content (AvgIpc) is 2.88. The fraction of sp³-hybridized carbons (Fsp3) is 0.385. The molecule has 0 unspecified atom stereocenters. The number of aldehydes is 1. The summed E-state index contributed by atoms with van der Waals surface area (Å²) >= 11 is 0. The number of hydrogen-bond acceptors (Lipinski definition) is 5. The molecule has 2 rings (SSSR count). The van der Waals surface area contributed by atoms with Crippen molar-refractivity contribution < 1.29 is 4.79 Å². The first-order valence-electron chi connectivity index (χ1n) is 6.32. The Kier molecular flexibility index (Phi) is 4.60. The number of carbonyl (C=O) groups excluding carboxylic acids is 1. The number of rotatable bonds is 7. The Morgan fingerprint density at radius 1 is 1.32 bits per heavy atom. The van der Waals surface area contributed by atoms with Crippen LogP contribution < -0.4 is 5.32 Å². The van der Waals surface area contributed by atoms with Gasteiger partial charge in [0.05, 0.1) is 18.1 Å². The van der Waals surface area contributed by atoms with Crippen LogP contribution in [0.3, 0.4) is 0 Å². The summed E-state index contributed by atoms with van der Waals surface area (Å²) in [6.45, 7) is 2.79. The molecule has 2 N–H and O–H groups in total. The molecule has 0 radical (unpaired) electrons. The molecule has 0 aromatic carbocycles. The molecule has 0 aliphatic carbocycles. The van der Waals surface area contributed by atoms with E-state index in [9.17, 15) is 4.79 Å². The number of unbranched alkanes of at least 4 members (excludes halogenated alkanes) is 2. The molecule has 0 fully saturated rings. The minimum absolute atomic E-state index is 0.620. The second kappa shape index (κ2) is 6.63. The molecule has 0 amide bonds. The second-order valence-electron chi connectivity index (χ2n) is 4.34. The van der Waals surface area contributed by atoms with Crippen molar-refractivity contribution in [3.8, 4) is 11.3 Å². The highest BCUT2D eigenvalue weighted by molar-refractivity contribution is 5.64. The minimum Gasteiger partial charge on any atom is -0.369 e. The molecule has 0 saturated carbocycles. The summed E-state index contributed by atoms with van der Waals surface area (Å²) < 4.78 is 0. The van der Waals surface area contributed by atoms with E-state index in [4.69, 9.17) is 0 Å². The summed E-state index contributed by atoms with van der Waals surface area (Å²) in [4.78, 5) is 10.2. The largest absolute Gasteiger partial charge is 0.369 e. The van der Waals surface area contributed by atoms with Crippen molar-refractivity contribution in [3.05, 3.63) is 24.0 Å². The molecule has 2 heterocycles. The Bertz CT molecular complexity index is 537. The zero-order chi connectivity index (χ0) is 13.5. The van der Waals surface area contributed by atoms with Gasteiger partial charge in [-0.2, -0.15) is 15.3 Å². The van der Waals surface area contributed by atoms with E-state index in [-0.39, 0.29) is 0 Å². The van der Waals surface area contributed by atoms with E-state index in [2.05, 4.69) is 25.7 Å². The van der Waals surface area contributed by atoms with Gasteiger partial charge >= 0.3 is 0 Å². The van der Waals surface area contributed by atoms with Gasteiger partial charge in [0.1, 0.15) is 12.1 Å². The van der Waals surface area contributed by atoms with Crippen LogP contribution >= 0.6 is 0 Å². The molecule has 0 saturated heterocycles. The Labute approximate surface area is 111 Å². The number of hydrogen-bond donors (Lipinski definition) is 2. The maximum absolute atomic E-state index is 10.2. The third kappa shape index (κ3) is 3.61. The van der Waals surface area contributed by atoms with E-state index < -0.39 is 0 Å². The van der Waals surface area contributed by atoms with Crippen LogP contribution in [0.2, 0.25) is 0 Å². The minimum atomic E-state index is 0.620. The fourth-order valence-electron chi connectivity index (χ4n) is 1.78. The van der Waals surface area contributed by atoms with Crippen LogP contribution in [0.15, 0.2) is 18.5 Å². The molecular weight excluding hydrogens is 242 g/mol. The Hall–Kier alpha value is -2.24. The number of nitrogens with zero attached hydrogens (tertiary/aromatic N) is 3. The van der Waals surface area contributed by atoms with Crippen LogP contribution in [-0.2, 0) is 4.79 Å². The van der Waals surface area contributed by atoms with Gasteiger partial charge in [0, 0.05) is 24.6 Å². The van der Waals surface area contributed by atoms with E-state index in [0.717, 1.165) is 48.3 Å². The van der Waals surface area contributed by atoms with Crippen molar-refractivity contribution in [3.63, 3.8) is 0 Å². The van der Waals surface area contributed by atoms with E-state index >= 15 is 0 Å². The molecule has 6 nitrogen and oxygen atoms in total. The monoisotopic (exact) mass is 259 g/mol. The highest BCUT2D eigenvalue weighted by Crippen LogP contribution is 2.21. The summed E-state index contributed by atoms with van der Waals surface area (Å²) in [6, 6.07) is 1.95. The SMILES string of the molecule is Cc1cnncc1-c1cc(NCCCCC=O)n[nH]1. The third-order valence-corrected chi connectivity index (χ3v) is 2.85. The average molecular weight is 259 g/mol. The van der Waals surface area contributed by atoms with E-state index in [0.29, 0.717) is 6.42 Å². The summed E-state index contributed by atoms with van der Waals surface area (Å²) in [6.07, 6.45) is 6.87. The lowest BCUT2D eigenvalue weighted by atomic mass is 10.1. The normalized spacial score (nSPS) is 10.4. The van der Waals surface area contributed by atoms with Crippen LogP contribution in [0.1, 0.15) is 24.8 Å².